The van der Waals surface area contributed by atoms with Crippen LogP contribution in [0.5, 0.6) is 0 Å². The van der Waals surface area contributed by atoms with Gasteiger partial charge in [0.15, 0.2) is 0 Å². The highest BCUT2D eigenvalue weighted by Gasteiger charge is 2.32. The van der Waals surface area contributed by atoms with Gasteiger partial charge in [0.2, 0.25) is 0 Å². The van der Waals surface area contributed by atoms with Gasteiger partial charge in [0.25, 0.3) is 0 Å². The standard InChI is InChI=1S/C13H17FN2O2/c1-9(10-3-2-4-11(14)7-10)16-6-5-15-8-12(16)13(17)18/h2-4,7,9,12,15H,5-6,8H2,1H3,(H,17,18). The first-order chi connectivity index (χ1) is 8.59. The molecule has 1 aromatic carbocycles. The number of carboxylic acid groups (broad SMARTS) is 1. The van der Waals surface area contributed by atoms with Gasteiger partial charge in [-0.15, -0.1) is 0 Å². The highest BCUT2D eigenvalue weighted by atomic mass is 19.1. The van der Waals surface area contributed by atoms with Crippen LogP contribution in [0, 0.1) is 5.82 Å². The predicted octanol–water partition coefficient (Wildman–Crippen LogP) is 1.25. The smallest absolute Gasteiger partial charge is 0.322 e. The molecule has 1 heterocycles. The fourth-order valence-corrected chi connectivity index (χ4v) is 2.37. The van der Waals surface area contributed by atoms with E-state index in [0.717, 1.165) is 12.1 Å². The Labute approximate surface area is 105 Å². The summed E-state index contributed by atoms with van der Waals surface area (Å²) >= 11 is 0. The summed E-state index contributed by atoms with van der Waals surface area (Å²) < 4.78 is 13.2. The zero-order chi connectivity index (χ0) is 13.1. The Balaban J connectivity index is 2.20. The van der Waals surface area contributed by atoms with Crippen LogP contribution >= 0.6 is 0 Å². The molecule has 0 aliphatic carbocycles. The van der Waals surface area contributed by atoms with Crippen molar-refractivity contribution in [3.05, 3.63) is 35.6 Å². The fraction of sp³-hybridized carbons (Fsp3) is 0.462. The minimum atomic E-state index is -0.842. The van der Waals surface area contributed by atoms with Gasteiger partial charge < -0.3 is 10.4 Å². The molecule has 1 aromatic rings. The molecule has 18 heavy (non-hydrogen) atoms. The van der Waals surface area contributed by atoms with Gasteiger partial charge in [-0.3, -0.25) is 9.69 Å². The topological polar surface area (TPSA) is 52.6 Å². The molecule has 0 spiro atoms. The van der Waals surface area contributed by atoms with Gasteiger partial charge in [0, 0.05) is 25.7 Å². The molecular weight excluding hydrogens is 235 g/mol. The molecule has 0 radical (unpaired) electrons. The maximum absolute atomic E-state index is 13.2. The van der Waals surface area contributed by atoms with Crippen LogP contribution in [0.25, 0.3) is 0 Å². The second-order valence-electron chi connectivity index (χ2n) is 4.53. The number of nitrogens with one attached hydrogen (secondary N) is 1. The van der Waals surface area contributed by atoms with Crippen molar-refractivity contribution in [2.75, 3.05) is 19.6 Å². The first-order valence-electron chi connectivity index (χ1n) is 6.04. The normalized spacial score (nSPS) is 22.7. The van der Waals surface area contributed by atoms with Gasteiger partial charge in [0.1, 0.15) is 11.9 Å². The van der Waals surface area contributed by atoms with Gasteiger partial charge in [-0.2, -0.15) is 0 Å². The molecule has 0 amide bonds. The number of nitrogens with zero attached hydrogens (tertiary/aromatic N) is 1. The van der Waals surface area contributed by atoms with E-state index >= 15 is 0 Å². The third kappa shape index (κ3) is 2.68. The lowest BCUT2D eigenvalue weighted by Crippen LogP contribution is -2.55. The van der Waals surface area contributed by atoms with Crippen LogP contribution < -0.4 is 5.32 Å². The van der Waals surface area contributed by atoms with E-state index < -0.39 is 12.0 Å². The number of rotatable bonds is 3. The van der Waals surface area contributed by atoms with Crippen LogP contribution in [0.15, 0.2) is 24.3 Å². The number of carboxylic acids is 1. The molecule has 4 nitrogen and oxygen atoms in total. The van der Waals surface area contributed by atoms with Crippen molar-refractivity contribution in [2.45, 2.75) is 19.0 Å². The lowest BCUT2D eigenvalue weighted by Gasteiger charge is -2.38. The SMILES string of the molecule is CC(c1cccc(F)c1)N1CCNCC1C(=O)O. The van der Waals surface area contributed by atoms with E-state index in [0.29, 0.717) is 13.1 Å². The Bertz CT molecular complexity index is 439. The number of carbonyl (C=O) groups is 1. The van der Waals surface area contributed by atoms with E-state index in [4.69, 9.17) is 0 Å². The van der Waals surface area contributed by atoms with Crippen LogP contribution in [0.1, 0.15) is 18.5 Å². The average Bonchev–Trinajstić information content (AvgIpc) is 2.38. The quantitative estimate of drug-likeness (QED) is 0.850. The van der Waals surface area contributed by atoms with Gasteiger partial charge in [0.05, 0.1) is 0 Å². The first-order valence-corrected chi connectivity index (χ1v) is 6.04. The van der Waals surface area contributed by atoms with E-state index in [2.05, 4.69) is 5.32 Å². The van der Waals surface area contributed by atoms with Gasteiger partial charge >= 0.3 is 5.97 Å². The molecule has 1 saturated heterocycles. The summed E-state index contributed by atoms with van der Waals surface area (Å²) in [6, 6.07) is 5.67. The molecule has 2 unspecified atom stereocenters. The zero-order valence-corrected chi connectivity index (χ0v) is 10.3. The molecule has 0 bridgehead atoms. The van der Waals surface area contributed by atoms with Crippen LogP contribution in [-0.4, -0.2) is 41.7 Å². The Morgan fingerprint density at radius 3 is 3.06 bits per heavy atom. The molecule has 1 aliphatic rings. The maximum atomic E-state index is 13.2. The summed E-state index contributed by atoms with van der Waals surface area (Å²) in [5.74, 6) is -1.13. The Morgan fingerprint density at radius 1 is 1.61 bits per heavy atom. The number of halogens is 1. The molecule has 0 aromatic heterocycles. The second-order valence-corrected chi connectivity index (χ2v) is 4.53. The van der Waals surface area contributed by atoms with Crippen molar-refractivity contribution in [2.24, 2.45) is 0 Å². The van der Waals surface area contributed by atoms with E-state index in [-0.39, 0.29) is 11.9 Å². The summed E-state index contributed by atoms with van der Waals surface area (Å²) in [6.07, 6.45) is 0. The molecule has 1 aliphatic heterocycles. The summed E-state index contributed by atoms with van der Waals surface area (Å²) in [5.41, 5.74) is 0.808. The monoisotopic (exact) mass is 252 g/mol. The van der Waals surface area contributed by atoms with Crippen molar-refractivity contribution < 1.29 is 14.3 Å². The largest absolute Gasteiger partial charge is 0.480 e. The maximum Gasteiger partial charge on any atom is 0.322 e. The zero-order valence-electron chi connectivity index (χ0n) is 10.3. The molecule has 1 fully saturated rings. The lowest BCUT2D eigenvalue weighted by molar-refractivity contribution is -0.145. The Hall–Kier alpha value is -1.46. The molecular formula is C13H17FN2O2. The van der Waals surface area contributed by atoms with Crippen molar-refractivity contribution in [3.8, 4) is 0 Å². The van der Waals surface area contributed by atoms with Gasteiger partial charge in [-0.25, -0.2) is 4.39 Å². The summed E-state index contributed by atoms with van der Waals surface area (Å²) in [4.78, 5) is 13.1. The van der Waals surface area contributed by atoms with E-state index in [9.17, 15) is 14.3 Å². The molecule has 0 saturated carbocycles. The van der Waals surface area contributed by atoms with Crippen molar-refractivity contribution in [3.63, 3.8) is 0 Å². The van der Waals surface area contributed by atoms with Crippen LogP contribution in [0.3, 0.4) is 0 Å². The third-order valence-electron chi connectivity index (χ3n) is 3.40. The third-order valence-corrected chi connectivity index (χ3v) is 3.40. The van der Waals surface area contributed by atoms with E-state index in [1.807, 2.05) is 17.9 Å². The minimum Gasteiger partial charge on any atom is -0.480 e. The number of benzene rings is 1. The Morgan fingerprint density at radius 2 is 2.39 bits per heavy atom. The molecule has 5 heteroatoms. The molecule has 2 atom stereocenters. The number of aliphatic carboxylic acids is 1. The first kappa shape index (κ1) is 13.0. The lowest BCUT2D eigenvalue weighted by atomic mass is 10.0. The highest BCUT2D eigenvalue weighted by molar-refractivity contribution is 5.74. The van der Waals surface area contributed by atoms with E-state index in [1.54, 1.807) is 6.07 Å². The van der Waals surface area contributed by atoms with Crippen molar-refractivity contribution in [1.29, 1.82) is 0 Å². The van der Waals surface area contributed by atoms with Crippen LogP contribution in [0.2, 0.25) is 0 Å². The second kappa shape index (κ2) is 5.46. The minimum absolute atomic E-state index is 0.107. The van der Waals surface area contributed by atoms with E-state index in [1.165, 1.54) is 12.1 Å². The van der Waals surface area contributed by atoms with Crippen molar-refractivity contribution in [1.82, 2.24) is 10.2 Å². The summed E-state index contributed by atoms with van der Waals surface area (Å²) in [6.45, 7) is 3.74. The fourth-order valence-electron chi connectivity index (χ4n) is 2.37. The number of hydrogen-bond acceptors (Lipinski definition) is 3. The summed E-state index contributed by atoms with van der Waals surface area (Å²) in [7, 11) is 0. The highest BCUT2D eigenvalue weighted by Crippen LogP contribution is 2.23. The van der Waals surface area contributed by atoms with Gasteiger partial charge in [-0.1, -0.05) is 12.1 Å². The van der Waals surface area contributed by atoms with Gasteiger partial charge in [-0.05, 0) is 24.6 Å². The summed E-state index contributed by atoms with van der Waals surface area (Å²) in [5, 5.41) is 12.3. The van der Waals surface area contributed by atoms with Crippen molar-refractivity contribution >= 4 is 5.97 Å². The predicted molar refractivity (Wildman–Crippen MR) is 65.8 cm³/mol. The van der Waals surface area contributed by atoms with Crippen LogP contribution in [-0.2, 0) is 4.79 Å². The molecule has 98 valence electrons. The van der Waals surface area contributed by atoms with Crippen LogP contribution in [0.4, 0.5) is 4.39 Å². The number of piperazine rings is 1. The average molecular weight is 252 g/mol. The molecule has 2 N–H and O–H groups in total. The Kier molecular flexibility index (Phi) is 3.93. The molecule has 2 rings (SSSR count). The number of hydrogen-bond donors (Lipinski definition) is 2.